The van der Waals surface area contributed by atoms with Gasteiger partial charge in [0.05, 0.1) is 25.5 Å². The van der Waals surface area contributed by atoms with E-state index in [9.17, 15) is 20.2 Å². The zero-order valence-electron chi connectivity index (χ0n) is 12.3. The van der Waals surface area contributed by atoms with E-state index < -0.39 is 9.85 Å². The minimum atomic E-state index is -0.490. The van der Waals surface area contributed by atoms with E-state index in [2.05, 4.69) is 22.5 Å². The second kappa shape index (κ2) is 8.77. The van der Waals surface area contributed by atoms with Crippen LogP contribution in [0.1, 0.15) is 12.5 Å². The molecule has 0 spiro atoms. The SMILES string of the molecule is C=C(C)c1c(Cl)cccc1[N+](=O)[O-].O=[N+]([O-])c1cccc(Cl)c1Br. The van der Waals surface area contributed by atoms with Crippen molar-refractivity contribution in [3.05, 3.63) is 83.3 Å². The Hall–Kier alpha value is -1.96. The highest BCUT2D eigenvalue weighted by Gasteiger charge is 2.16. The lowest BCUT2D eigenvalue weighted by Gasteiger charge is -2.03. The third kappa shape index (κ3) is 5.02. The van der Waals surface area contributed by atoms with Crippen LogP contribution in [0.5, 0.6) is 0 Å². The predicted molar refractivity (Wildman–Crippen MR) is 98.6 cm³/mol. The minimum Gasteiger partial charge on any atom is -0.258 e. The Balaban J connectivity index is 0.000000243. The van der Waals surface area contributed by atoms with Crippen LogP contribution in [0.3, 0.4) is 0 Å². The van der Waals surface area contributed by atoms with Crippen molar-refractivity contribution in [3.8, 4) is 0 Å². The molecule has 0 N–H and O–H groups in total. The van der Waals surface area contributed by atoms with Crippen molar-refractivity contribution in [1.29, 1.82) is 0 Å². The quantitative estimate of drug-likeness (QED) is 0.420. The summed E-state index contributed by atoms with van der Waals surface area (Å²) >= 11 is 14.4. The van der Waals surface area contributed by atoms with Crippen LogP contribution in [0.15, 0.2) is 47.4 Å². The van der Waals surface area contributed by atoms with Gasteiger partial charge in [0.25, 0.3) is 11.4 Å². The molecule has 126 valence electrons. The Morgan fingerprint density at radius 1 is 1.00 bits per heavy atom. The fourth-order valence-electron chi connectivity index (χ4n) is 1.72. The van der Waals surface area contributed by atoms with Gasteiger partial charge in [0.2, 0.25) is 0 Å². The summed E-state index contributed by atoms with van der Waals surface area (Å²) in [5.74, 6) is 0. The lowest BCUT2D eigenvalue weighted by Crippen LogP contribution is -1.93. The van der Waals surface area contributed by atoms with Gasteiger partial charge in [0.1, 0.15) is 4.47 Å². The number of rotatable bonds is 3. The average molecular weight is 434 g/mol. The number of benzene rings is 2. The number of halogens is 3. The molecule has 0 bridgehead atoms. The second-order valence-electron chi connectivity index (χ2n) is 4.50. The molecule has 0 saturated carbocycles. The highest BCUT2D eigenvalue weighted by molar-refractivity contribution is 9.10. The van der Waals surface area contributed by atoms with Crippen molar-refractivity contribution in [2.24, 2.45) is 0 Å². The monoisotopic (exact) mass is 432 g/mol. The Morgan fingerprint density at radius 2 is 1.46 bits per heavy atom. The van der Waals surface area contributed by atoms with E-state index in [0.29, 0.717) is 25.7 Å². The molecule has 0 radical (unpaired) electrons. The van der Waals surface area contributed by atoms with E-state index in [1.54, 1.807) is 25.1 Å². The van der Waals surface area contributed by atoms with Crippen molar-refractivity contribution >= 4 is 56.1 Å². The van der Waals surface area contributed by atoms with Gasteiger partial charge in [-0.2, -0.15) is 0 Å². The molecule has 9 heteroatoms. The standard InChI is InChI=1S/C9H8ClNO2.C6H3BrClNO2/c1-6(2)9-7(10)4-3-5-8(9)11(12)13;7-6-4(8)2-1-3-5(6)9(10)11/h3-5H,1H2,2H3;1-3H. The fraction of sp³-hybridized carbons (Fsp3) is 0.0667. The average Bonchev–Trinajstić information content (AvgIpc) is 2.49. The van der Waals surface area contributed by atoms with Crippen LogP contribution >= 0.6 is 39.1 Å². The molecule has 0 heterocycles. The molecule has 0 atom stereocenters. The summed E-state index contributed by atoms with van der Waals surface area (Å²) in [7, 11) is 0. The summed E-state index contributed by atoms with van der Waals surface area (Å²) < 4.78 is 0.326. The highest BCUT2D eigenvalue weighted by Crippen LogP contribution is 2.32. The number of nitrogens with zero attached hydrogens (tertiary/aromatic N) is 2. The maximum Gasteiger partial charge on any atom is 0.285 e. The van der Waals surface area contributed by atoms with Crippen LogP contribution in [0.2, 0.25) is 10.0 Å². The fourth-order valence-corrected chi connectivity index (χ4v) is 2.63. The summed E-state index contributed by atoms with van der Waals surface area (Å²) in [6.07, 6.45) is 0. The van der Waals surface area contributed by atoms with Crippen molar-refractivity contribution < 1.29 is 9.85 Å². The Labute approximate surface area is 156 Å². The molecule has 0 aromatic heterocycles. The summed E-state index contributed by atoms with van der Waals surface area (Å²) in [5.41, 5.74) is 0.990. The molecule has 0 aliphatic heterocycles. The molecule has 2 aromatic rings. The van der Waals surface area contributed by atoms with E-state index in [1.807, 2.05) is 0 Å². The van der Waals surface area contributed by atoms with E-state index >= 15 is 0 Å². The van der Waals surface area contributed by atoms with E-state index in [0.717, 1.165) is 0 Å². The molecule has 6 nitrogen and oxygen atoms in total. The summed E-state index contributed by atoms with van der Waals surface area (Å²) in [4.78, 5) is 19.9. The highest BCUT2D eigenvalue weighted by atomic mass is 79.9. The predicted octanol–water partition coefficient (Wildman–Crippen LogP) is 6.29. The summed E-state index contributed by atoms with van der Waals surface area (Å²) in [6.45, 7) is 5.33. The first kappa shape index (κ1) is 20.1. The zero-order valence-corrected chi connectivity index (χ0v) is 15.4. The number of allylic oxidation sites excluding steroid dienone is 1. The Bertz CT molecular complexity index is 812. The Morgan fingerprint density at radius 3 is 1.83 bits per heavy atom. The van der Waals surface area contributed by atoms with Crippen LogP contribution < -0.4 is 0 Å². The van der Waals surface area contributed by atoms with Crippen LogP contribution in [0, 0.1) is 20.2 Å². The third-order valence-electron chi connectivity index (χ3n) is 2.74. The minimum absolute atomic E-state index is 0.000000000000000222. The lowest BCUT2D eigenvalue weighted by molar-refractivity contribution is -0.385. The van der Waals surface area contributed by atoms with Crippen LogP contribution in [-0.4, -0.2) is 9.85 Å². The molecular formula is C15H11BrCl2N2O4. The van der Waals surface area contributed by atoms with Crippen LogP contribution in [0.4, 0.5) is 11.4 Å². The molecule has 24 heavy (non-hydrogen) atoms. The zero-order chi connectivity index (χ0) is 18.4. The van der Waals surface area contributed by atoms with Gasteiger partial charge in [0.15, 0.2) is 0 Å². The first-order chi connectivity index (χ1) is 11.2. The molecule has 0 saturated heterocycles. The van der Waals surface area contributed by atoms with Crippen LogP contribution in [0.25, 0.3) is 5.57 Å². The van der Waals surface area contributed by atoms with E-state index in [4.69, 9.17) is 23.2 Å². The molecule has 2 aromatic carbocycles. The van der Waals surface area contributed by atoms with Crippen molar-refractivity contribution in [3.63, 3.8) is 0 Å². The van der Waals surface area contributed by atoms with Gasteiger partial charge < -0.3 is 0 Å². The first-order valence-electron chi connectivity index (χ1n) is 6.34. The third-order valence-corrected chi connectivity index (χ3v) is 4.43. The number of hydrogen-bond acceptors (Lipinski definition) is 4. The Kier molecular flexibility index (Phi) is 7.34. The topological polar surface area (TPSA) is 86.3 Å². The molecule has 0 fully saturated rings. The van der Waals surface area contributed by atoms with Crippen molar-refractivity contribution in [1.82, 2.24) is 0 Å². The number of nitro benzene ring substituents is 2. The number of nitro groups is 2. The van der Waals surface area contributed by atoms with Crippen LogP contribution in [-0.2, 0) is 0 Å². The maximum atomic E-state index is 10.6. The van der Waals surface area contributed by atoms with Gasteiger partial charge in [-0.3, -0.25) is 20.2 Å². The van der Waals surface area contributed by atoms with Gasteiger partial charge in [-0.1, -0.05) is 41.9 Å². The molecule has 0 aliphatic rings. The van der Waals surface area contributed by atoms with Gasteiger partial charge >= 0.3 is 0 Å². The molecular weight excluding hydrogens is 423 g/mol. The van der Waals surface area contributed by atoms with Gasteiger partial charge in [-0.05, 0) is 40.6 Å². The second-order valence-corrected chi connectivity index (χ2v) is 6.11. The number of hydrogen-bond donors (Lipinski definition) is 0. The molecule has 0 unspecified atom stereocenters. The normalized spacial score (nSPS) is 9.67. The van der Waals surface area contributed by atoms with Gasteiger partial charge in [0, 0.05) is 12.1 Å². The summed E-state index contributed by atoms with van der Waals surface area (Å²) in [6, 6.07) is 9.07. The van der Waals surface area contributed by atoms with E-state index in [-0.39, 0.29) is 11.4 Å². The molecule has 0 aliphatic carbocycles. The smallest absolute Gasteiger partial charge is 0.258 e. The van der Waals surface area contributed by atoms with Gasteiger partial charge in [-0.15, -0.1) is 0 Å². The van der Waals surface area contributed by atoms with E-state index in [1.165, 1.54) is 18.2 Å². The first-order valence-corrected chi connectivity index (χ1v) is 7.88. The summed E-state index contributed by atoms with van der Waals surface area (Å²) in [5, 5.41) is 21.6. The lowest BCUT2D eigenvalue weighted by atomic mass is 10.1. The van der Waals surface area contributed by atoms with Crippen molar-refractivity contribution in [2.75, 3.05) is 0 Å². The van der Waals surface area contributed by atoms with Crippen molar-refractivity contribution in [2.45, 2.75) is 6.92 Å². The van der Waals surface area contributed by atoms with Gasteiger partial charge in [-0.25, -0.2) is 0 Å². The molecule has 2 rings (SSSR count). The molecule has 0 amide bonds. The largest absolute Gasteiger partial charge is 0.285 e. The maximum absolute atomic E-state index is 10.6.